The molecule has 2 aromatic rings. The van der Waals surface area contributed by atoms with Gasteiger partial charge < -0.3 is 19.8 Å². The number of carbonyl (C=O) groups excluding carboxylic acids is 2. The third-order valence-electron chi connectivity index (χ3n) is 8.96. The van der Waals surface area contributed by atoms with Crippen molar-refractivity contribution in [2.75, 3.05) is 32.1 Å². The number of hydrogen-bond donors (Lipinski definition) is 3. The van der Waals surface area contributed by atoms with Crippen LogP contribution in [0.1, 0.15) is 73.8 Å². The molecule has 3 N–H and O–H groups in total. The van der Waals surface area contributed by atoms with Crippen LogP contribution in [-0.2, 0) is 11.2 Å². The van der Waals surface area contributed by atoms with E-state index >= 15 is 0 Å². The molecule has 4 rings (SSSR count). The third kappa shape index (κ3) is 4.89. The number of benzene rings is 1. The number of aromatic nitrogens is 1. The maximum atomic E-state index is 13.3. The lowest BCUT2D eigenvalue weighted by Crippen LogP contribution is -2.57. The van der Waals surface area contributed by atoms with Gasteiger partial charge in [-0.05, 0) is 68.7 Å². The van der Waals surface area contributed by atoms with Crippen molar-refractivity contribution in [2.24, 2.45) is 16.7 Å². The maximum Gasteiger partial charge on any atom is 0.257 e. The Hall–Kier alpha value is -2.49. The van der Waals surface area contributed by atoms with Crippen LogP contribution in [0.5, 0.6) is 5.75 Å². The topological polar surface area (TPSA) is 112 Å². The highest BCUT2D eigenvalue weighted by molar-refractivity contribution is 7.15. The van der Waals surface area contributed by atoms with E-state index in [2.05, 4.69) is 12.2 Å². The van der Waals surface area contributed by atoms with Crippen LogP contribution in [0.15, 0.2) is 24.3 Å². The van der Waals surface area contributed by atoms with Crippen LogP contribution < -0.4 is 10.1 Å². The molecule has 0 spiro atoms. The summed E-state index contributed by atoms with van der Waals surface area (Å²) in [6.45, 7) is 9.27. The number of nitrogens with one attached hydrogen (secondary N) is 1. The SMILES string of the molecule is CCN(CC)C(=O)C[C@H]1c2nc(NC(=O)c3ccc(OC)cc3)sc2C[C@H]2[C@](C)(CO)[C@H](O)CC[C@]21C. The number of anilines is 1. The van der Waals surface area contributed by atoms with Crippen LogP contribution in [-0.4, -0.2) is 64.8 Å². The van der Waals surface area contributed by atoms with Crippen LogP contribution in [0, 0.1) is 16.7 Å². The summed E-state index contributed by atoms with van der Waals surface area (Å²) >= 11 is 1.43. The zero-order valence-electron chi connectivity index (χ0n) is 22.4. The highest BCUT2D eigenvalue weighted by atomic mass is 32.1. The fraction of sp³-hybridized carbons (Fsp3) is 0.607. The number of aliphatic hydroxyl groups is 2. The lowest BCUT2D eigenvalue weighted by molar-refractivity contribution is -0.147. The third-order valence-corrected chi connectivity index (χ3v) is 9.97. The summed E-state index contributed by atoms with van der Waals surface area (Å²) < 4.78 is 5.18. The molecule has 0 saturated heterocycles. The van der Waals surface area contributed by atoms with Gasteiger partial charge in [0.1, 0.15) is 5.75 Å². The minimum absolute atomic E-state index is 0.0265. The molecule has 1 fully saturated rings. The Morgan fingerprint density at radius 2 is 1.89 bits per heavy atom. The minimum Gasteiger partial charge on any atom is -0.497 e. The molecular weight excluding hydrogens is 490 g/mol. The summed E-state index contributed by atoms with van der Waals surface area (Å²) in [5, 5.41) is 24.8. The molecule has 2 aliphatic carbocycles. The summed E-state index contributed by atoms with van der Waals surface area (Å²) in [4.78, 5) is 34.0. The molecule has 1 saturated carbocycles. The van der Waals surface area contributed by atoms with Crippen molar-refractivity contribution in [1.29, 1.82) is 0 Å². The molecule has 37 heavy (non-hydrogen) atoms. The van der Waals surface area contributed by atoms with Gasteiger partial charge in [-0.2, -0.15) is 0 Å². The second kappa shape index (κ2) is 10.7. The van der Waals surface area contributed by atoms with Crippen LogP contribution in [0.3, 0.4) is 0 Å². The molecule has 0 radical (unpaired) electrons. The van der Waals surface area contributed by atoms with Crippen LogP contribution in [0.25, 0.3) is 0 Å². The van der Waals surface area contributed by atoms with E-state index in [0.29, 0.717) is 48.8 Å². The van der Waals surface area contributed by atoms with Gasteiger partial charge >= 0.3 is 0 Å². The molecule has 1 heterocycles. The smallest absolute Gasteiger partial charge is 0.257 e. The Labute approximate surface area is 223 Å². The number of rotatable bonds is 8. The van der Waals surface area contributed by atoms with Gasteiger partial charge in [-0.3, -0.25) is 14.9 Å². The molecule has 9 heteroatoms. The lowest BCUT2D eigenvalue weighted by Gasteiger charge is -2.58. The van der Waals surface area contributed by atoms with E-state index in [-0.39, 0.29) is 35.7 Å². The quantitative estimate of drug-likeness (QED) is 0.475. The zero-order chi connectivity index (χ0) is 27.0. The fourth-order valence-corrected chi connectivity index (χ4v) is 7.55. The van der Waals surface area contributed by atoms with E-state index in [1.54, 1.807) is 31.4 Å². The minimum atomic E-state index is -0.683. The van der Waals surface area contributed by atoms with Crippen molar-refractivity contribution in [3.8, 4) is 5.75 Å². The fourth-order valence-electron chi connectivity index (χ4n) is 6.49. The Kier molecular flexibility index (Phi) is 7.97. The van der Waals surface area contributed by atoms with Crippen LogP contribution in [0.2, 0.25) is 0 Å². The number of hydrogen-bond acceptors (Lipinski definition) is 7. The average Bonchev–Trinajstić information content (AvgIpc) is 3.30. The maximum absolute atomic E-state index is 13.3. The van der Waals surface area contributed by atoms with Gasteiger partial charge in [0.25, 0.3) is 5.91 Å². The first-order chi connectivity index (χ1) is 17.6. The lowest BCUT2D eigenvalue weighted by atomic mass is 9.47. The summed E-state index contributed by atoms with van der Waals surface area (Å²) in [5.41, 5.74) is 0.361. The summed E-state index contributed by atoms with van der Waals surface area (Å²) in [6.07, 6.45) is 1.66. The second-order valence-electron chi connectivity index (χ2n) is 10.8. The highest BCUT2D eigenvalue weighted by Crippen LogP contribution is 2.62. The van der Waals surface area contributed by atoms with Crippen molar-refractivity contribution < 1.29 is 24.5 Å². The molecule has 1 aromatic heterocycles. The van der Waals surface area contributed by atoms with E-state index < -0.39 is 11.5 Å². The van der Waals surface area contributed by atoms with E-state index in [1.165, 1.54) is 11.3 Å². The van der Waals surface area contributed by atoms with E-state index in [1.807, 2.05) is 25.7 Å². The summed E-state index contributed by atoms with van der Waals surface area (Å²) in [7, 11) is 1.58. The van der Waals surface area contributed by atoms with Gasteiger partial charge in [0, 0.05) is 41.3 Å². The molecule has 0 aliphatic heterocycles. The van der Waals surface area contributed by atoms with Crippen molar-refractivity contribution in [3.05, 3.63) is 40.4 Å². The summed E-state index contributed by atoms with van der Waals surface area (Å²) in [6, 6.07) is 6.89. The first kappa shape index (κ1) is 27.5. The Balaban J connectivity index is 1.70. The highest BCUT2D eigenvalue weighted by Gasteiger charge is 2.59. The Bertz CT molecular complexity index is 1130. The molecule has 202 valence electrons. The van der Waals surface area contributed by atoms with Gasteiger partial charge in [0.2, 0.25) is 5.91 Å². The van der Waals surface area contributed by atoms with Gasteiger partial charge in [-0.1, -0.05) is 13.8 Å². The van der Waals surface area contributed by atoms with Crippen molar-refractivity contribution >= 4 is 28.3 Å². The van der Waals surface area contributed by atoms with E-state index in [0.717, 1.165) is 17.0 Å². The van der Waals surface area contributed by atoms with Gasteiger partial charge in [-0.25, -0.2) is 4.98 Å². The van der Waals surface area contributed by atoms with Gasteiger partial charge in [-0.15, -0.1) is 11.3 Å². The molecule has 5 atom stereocenters. The zero-order valence-corrected chi connectivity index (χ0v) is 23.2. The predicted molar refractivity (Wildman–Crippen MR) is 144 cm³/mol. The Morgan fingerprint density at radius 1 is 1.22 bits per heavy atom. The Morgan fingerprint density at radius 3 is 2.49 bits per heavy atom. The predicted octanol–water partition coefficient (Wildman–Crippen LogP) is 4.08. The van der Waals surface area contributed by atoms with Crippen LogP contribution >= 0.6 is 11.3 Å². The number of fused-ring (bicyclic) bond motifs is 2. The number of ether oxygens (including phenoxy) is 1. The average molecular weight is 530 g/mol. The molecule has 0 unspecified atom stereocenters. The monoisotopic (exact) mass is 529 g/mol. The van der Waals surface area contributed by atoms with E-state index in [4.69, 9.17) is 9.72 Å². The van der Waals surface area contributed by atoms with Crippen molar-refractivity contribution in [2.45, 2.75) is 65.4 Å². The van der Waals surface area contributed by atoms with Gasteiger partial charge in [0.05, 0.1) is 25.5 Å². The number of methoxy groups -OCH3 is 1. The normalized spacial score (nSPS) is 28.7. The van der Waals surface area contributed by atoms with Crippen LogP contribution in [0.4, 0.5) is 5.13 Å². The molecule has 0 bridgehead atoms. The summed E-state index contributed by atoms with van der Waals surface area (Å²) in [5.74, 6) is 0.295. The molecule has 2 amide bonds. The number of nitrogens with zero attached hydrogens (tertiary/aromatic N) is 2. The molecule has 1 aromatic carbocycles. The standard InChI is InChI=1S/C28H39N3O5S/c1-6-31(7-2)23(34)14-19-24-20(15-21-27(19,3)13-12-22(33)28(21,4)16-32)37-26(29-24)30-25(35)17-8-10-18(36-5)11-9-17/h8-11,19,21-22,32-33H,6-7,12-16H2,1-5H3,(H,29,30,35)/t19-,21+,22+,27-,28-/m0/s1. The number of amides is 2. The second-order valence-corrected chi connectivity index (χ2v) is 11.9. The molecular formula is C28H39N3O5S. The number of aliphatic hydroxyl groups excluding tert-OH is 2. The van der Waals surface area contributed by atoms with Crippen molar-refractivity contribution in [3.63, 3.8) is 0 Å². The van der Waals surface area contributed by atoms with Crippen molar-refractivity contribution in [1.82, 2.24) is 9.88 Å². The number of thiazole rings is 1. The van der Waals surface area contributed by atoms with E-state index in [9.17, 15) is 19.8 Å². The first-order valence-electron chi connectivity index (χ1n) is 13.1. The largest absolute Gasteiger partial charge is 0.497 e. The molecule has 8 nitrogen and oxygen atoms in total. The first-order valence-corrected chi connectivity index (χ1v) is 13.9. The molecule has 2 aliphatic rings. The van der Waals surface area contributed by atoms with Gasteiger partial charge in [0.15, 0.2) is 5.13 Å². The number of carbonyl (C=O) groups is 2.